The quantitative estimate of drug-likeness (QED) is 0.713. The van der Waals surface area contributed by atoms with Crippen LogP contribution < -0.4 is 0 Å². The zero-order chi connectivity index (χ0) is 11.4. The minimum absolute atomic E-state index is 0.0156. The van der Waals surface area contributed by atoms with Crippen LogP contribution in [0.15, 0.2) is 0 Å². The van der Waals surface area contributed by atoms with Crippen LogP contribution in [0.2, 0.25) is 0 Å². The molecule has 0 spiro atoms. The highest BCUT2D eigenvalue weighted by Crippen LogP contribution is 2.40. The predicted octanol–water partition coefficient (Wildman–Crippen LogP) is 3.10. The monoisotopic (exact) mass is 266 g/mol. The van der Waals surface area contributed by atoms with Gasteiger partial charge < -0.3 is 9.47 Å². The van der Waals surface area contributed by atoms with Crippen LogP contribution in [0.25, 0.3) is 0 Å². The lowest BCUT2D eigenvalue weighted by Crippen LogP contribution is -2.43. The SMILES string of the molecule is COCC(C)(COC)C(Br)C(C)(C)C. The Labute approximate surface area is 96.5 Å². The molecule has 0 aromatic heterocycles. The molecule has 0 amide bonds. The van der Waals surface area contributed by atoms with Gasteiger partial charge in [0.1, 0.15) is 0 Å². The molecule has 0 radical (unpaired) electrons. The van der Waals surface area contributed by atoms with Gasteiger partial charge in [-0.2, -0.15) is 0 Å². The van der Waals surface area contributed by atoms with Gasteiger partial charge in [-0.15, -0.1) is 0 Å². The molecule has 0 aromatic carbocycles. The van der Waals surface area contributed by atoms with E-state index in [0.717, 1.165) is 0 Å². The smallest absolute Gasteiger partial charge is 0.0549 e. The fraction of sp³-hybridized carbons (Fsp3) is 1.00. The predicted molar refractivity (Wildman–Crippen MR) is 64.0 cm³/mol. The fourth-order valence-corrected chi connectivity index (χ4v) is 2.16. The molecule has 86 valence electrons. The summed E-state index contributed by atoms with van der Waals surface area (Å²) in [5.74, 6) is 0. The van der Waals surface area contributed by atoms with Gasteiger partial charge in [-0.05, 0) is 5.41 Å². The van der Waals surface area contributed by atoms with Crippen molar-refractivity contribution in [2.75, 3.05) is 27.4 Å². The molecule has 0 saturated carbocycles. The Balaban J connectivity index is 4.63. The molecule has 0 heterocycles. The van der Waals surface area contributed by atoms with Gasteiger partial charge in [-0.25, -0.2) is 0 Å². The number of ether oxygens (including phenoxy) is 2. The van der Waals surface area contributed by atoms with E-state index in [1.165, 1.54) is 0 Å². The molecule has 1 atom stereocenters. The van der Waals surface area contributed by atoms with E-state index >= 15 is 0 Å². The topological polar surface area (TPSA) is 18.5 Å². The third-order valence-corrected chi connectivity index (χ3v) is 4.80. The van der Waals surface area contributed by atoms with Crippen LogP contribution in [-0.2, 0) is 9.47 Å². The van der Waals surface area contributed by atoms with Crippen molar-refractivity contribution < 1.29 is 9.47 Å². The summed E-state index contributed by atoms with van der Waals surface area (Å²) in [7, 11) is 3.46. The van der Waals surface area contributed by atoms with Crippen molar-refractivity contribution in [3.63, 3.8) is 0 Å². The number of hydrogen-bond donors (Lipinski definition) is 0. The maximum Gasteiger partial charge on any atom is 0.0549 e. The molecule has 1 unspecified atom stereocenters. The van der Waals surface area contributed by atoms with Crippen LogP contribution in [0.4, 0.5) is 0 Å². The summed E-state index contributed by atoms with van der Waals surface area (Å²) in [4.78, 5) is 0.363. The van der Waals surface area contributed by atoms with Gasteiger partial charge in [0.2, 0.25) is 0 Å². The van der Waals surface area contributed by atoms with Crippen LogP contribution >= 0.6 is 15.9 Å². The molecule has 0 aromatic rings. The molecule has 0 aliphatic rings. The van der Waals surface area contributed by atoms with Crippen LogP contribution in [0.3, 0.4) is 0 Å². The van der Waals surface area contributed by atoms with E-state index in [9.17, 15) is 0 Å². The minimum atomic E-state index is 0.0156. The van der Waals surface area contributed by atoms with Crippen molar-refractivity contribution in [1.82, 2.24) is 0 Å². The molecule has 0 aliphatic carbocycles. The molecule has 0 bridgehead atoms. The lowest BCUT2D eigenvalue weighted by molar-refractivity contribution is 0.00448. The Morgan fingerprint density at radius 2 is 1.36 bits per heavy atom. The Hall–Kier alpha value is 0.400. The maximum absolute atomic E-state index is 5.27. The third-order valence-electron chi connectivity index (χ3n) is 2.32. The van der Waals surface area contributed by atoms with Gasteiger partial charge in [0.25, 0.3) is 0 Å². The minimum Gasteiger partial charge on any atom is -0.384 e. The van der Waals surface area contributed by atoms with Crippen LogP contribution in [0, 0.1) is 10.8 Å². The van der Waals surface area contributed by atoms with Gasteiger partial charge in [0.05, 0.1) is 13.2 Å². The van der Waals surface area contributed by atoms with E-state index in [-0.39, 0.29) is 10.8 Å². The Morgan fingerprint density at radius 1 is 1.00 bits per heavy atom. The third kappa shape index (κ3) is 3.87. The number of methoxy groups -OCH3 is 2. The Bertz CT molecular complexity index is 157. The highest BCUT2D eigenvalue weighted by Gasteiger charge is 2.39. The molecule has 0 aliphatic heterocycles. The normalized spacial score (nSPS) is 15.6. The highest BCUT2D eigenvalue weighted by atomic mass is 79.9. The van der Waals surface area contributed by atoms with E-state index in [1.54, 1.807) is 14.2 Å². The first-order valence-electron chi connectivity index (χ1n) is 4.90. The van der Waals surface area contributed by atoms with Crippen LogP contribution in [0.1, 0.15) is 27.7 Å². The van der Waals surface area contributed by atoms with E-state index in [2.05, 4.69) is 43.6 Å². The summed E-state index contributed by atoms with van der Waals surface area (Å²) in [5.41, 5.74) is 0.216. The van der Waals surface area contributed by atoms with Gasteiger partial charge in [-0.1, -0.05) is 43.6 Å². The molecule has 2 nitrogen and oxygen atoms in total. The summed E-state index contributed by atoms with van der Waals surface area (Å²) >= 11 is 3.76. The number of halogens is 1. The fourth-order valence-electron chi connectivity index (χ4n) is 1.89. The van der Waals surface area contributed by atoms with Crippen molar-refractivity contribution in [2.24, 2.45) is 10.8 Å². The summed E-state index contributed by atoms with van der Waals surface area (Å²) in [6, 6.07) is 0. The van der Waals surface area contributed by atoms with E-state index in [1.807, 2.05) is 0 Å². The van der Waals surface area contributed by atoms with Crippen molar-refractivity contribution in [2.45, 2.75) is 32.5 Å². The van der Waals surface area contributed by atoms with Crippen LogP contribution in [-0.4, -0.2) is 32.3 Å². The lowest BCUT2D eigenvalue weighted by atomic mass is 9.75. The average Bonchev–Trinajstić information content (AvgIpc) is 2.02. The van der Waals surface area contributed by atoms with Crippen molar-refractivity contribution in [3.05, 3.63) is 0 Å². The van der Waals surface area contributed by atoms with E-state index < -0.39 is 0 Å². The summed E-state index contributed by atoms with van der Waals surface area (Å²) in [5, 5.41) is 0. The zero-order valence-electron chi connectivity index (χ0n) is 10.2. The highest BCUT2D eigenvalue weighted by molar-refractivity contribution is 9.09. The molecule has 14 heavy (non-hydrogen) atoms. The standard InChI is InChI=1S/C11H23BrO2/c1-10(2,3)9(12)11(4,7-13-5)8-14-6/h9H,7-8H2,1-6H3. The first kappa shape index (κ1) is 14.4. The van der Waals surface area contributed by atoms with Gasteiger partial charge in [-0.3, -0.25) is 0 Å². The van der Waals surface area contributed by atoms with Gasteiger partial charge >= 0.3 is 0 Å². The first-order valence-corrected chi connectivity index (χ1v) is 5.81. The van der Waals surface area contributed by atoms with Crippen molar-refractivity contribution in [3.8, 4) is 0 Å². The molecule has 0 saturated heterocycles. The molecule has 0 fully saturated rings. The summed E-state index contributed by atoms with van der Waals surface area (Å²) in [6.45, 7) is 10.2. The van der Waals surface area contributed by atoms with E-state index in [0.29, 0.717) is 18.0 Å². The first-order chi connectivity index (χ1) is 6.28. The largest absolute Gasteiger partial charge is 0.384 e. The molecular weight excluding hydrogens is 244 g/mol. The van der Waals surface area contributed by atoms with Crippen molar-refractivity contribution >= 4 is 15.9 Å². The average molecular weight is 267 g/mol. The molecular formula is C11H23BrO2. The van der Waals surface area contributed by atoms with Gasteiger partial charge in [0.15, 0.2) is 0 Å². The summed E-state index contributed by atoms with van der Waals surface area (Å²) in [6.07, 6.45) is 0. The second kappa shape index (κ2) is 5.47. The molecule has 3 heteroatoms. The summed E-state index contributed by atoms with van der Waals surface area (Å²) < 4.78 is 10.5. The number of hydrogen-bond acceptors (Lipinski definition) is 2. The lowest BCUT2D eigenvalue weighted by Gasteiger charge is -2.40. The second-order valence-corrected chi connectivity index (χ2v) is 6.16. The Kier molecular flexibility index (Phi) is 5.63. The molecule has 0 N–H and O–H groups in total. The molecule has 0 rings (SSSR count). The number of rotatable bonds is 5. The van der Waals surface area contributed by atoms with Gasteiger partial charge in [0, 0.05) is 24.5 Å². The second-order valence-electron chi connectivity index (χ2n) is 5.25. The maximum atomic E-state index is 5.27. The Morgan fingerprint density at radius 3 is 1.57 bits per heavy atom. The van der Waals surface area contributed by atoms with E-state index in [4.69, 9.17) is 9.47 Å². The van der Waals surface area contributed by atoms with Crippen LogP contribution in [0.5, 0.6) is 0 Å². The van der Waals surface area contributed by atoms with Crippen molar-refractivity contribution in [1.29, 1.82) is 0 Å². The number of alkyl halides is 1. The zero-order valence-corrected chi connectivity index (χ0v) is 11.8.